The van der Waals surface area contributed by atoms with E-state index in [1.54, 1.807) is 18.2 Å². The predicted molar refractivity (Wildman–Crippen MR) is 84.7 cm³/mol. The Hall–Kier alpha value is -1.74. The average molecular weight is 404 g/mol. The van der Waals surface area contributed by atoms with Crippen LogP contribution in [0.1, 0.15) is 18.4 Å². The zero-order valence-corrected chi connectivity index (χ0v) is 14.2. The molecule has 1 spiro atoms. The second kappa shape index (κ2) is 6.64. The molecule has 2 saturated heterocycles. The van der Waals surface area contributed by atoms with Crippen LogP contribution in [0.15, 0.2) is 22.7 Å². The van der Waals surface area contributed by atoms with E-state index in [2.05, 4.69) is 31.3 Å². The number of nitrogens with one attached hydrogen (secondary N) is 2. The van der Waals surface area contributed by atoms with Gasteiger partial charge in [-0.25, -0.2) is 4.79 Å². The number of imide groups is 1. The third kappa shape index (κ3) is 3.36. The zero-order valence-electron chi connectivity index (χ0n) is 12.7. The van der Waals surface area contributed by atoms with Crippen LogP contribution in [0.3, 0.4) is 0 Å². The number of likely N-dealkylation sites (tertiary alicyclic amines) is 1. The molecule has 3 amide bonds. The zero-order chi connectivity index (χ0) is 17.3. The number of para-hydroxylation sites is 1. The molecule has 2 fully saturated rings. The normalized spacial score (nSPS) is 24.3. The van der Waals surface area contributed by atoms with E-state index < -0.39 is 18.2 Å². The van der Waals surface area contributed by atoms with Crippen LogP contribution in [0.2, 0.25) is 0 Å². The number of hydrogen-bond donors (Lipinski definition) is 2. The van der Waals surface area contributed by atoms with Crippen LogP contribution >= 0.6 is 15.9 Å². The molecule has 1 aromatic rings. The van der Waals surface area contributed by atoms with E-state index >= 15 is 0 Å². The van der Waals surface area contributed by atoms with E-state index in [4.69, 9.17) is 0 Å². The number of benzene rings is 1. The quantitative estimate of drug-likeness (QED) is 0.756. The fourth-order valence-corrected chi connectivity index (χ4v) is 3.74. The lowest BCUT2D eigenvalue weighted by Gasteiger charge is -2.38. The molecule has 0 radical (unpaired) electrons. The number of nitrogens with zero attached hydrogens (tertiary/aromatic N) is 1. The highest BCUT2D eigenvalue weighted by molar-refractivity contribution is 9.10. The van der Waals surface area contributed by atoms with Crippen LogP contribution in [-0.2, 0) is 11.3 Å². The average Bonchev–Trinajstić information content (AvgIpc) is 2.76. The lowest BCUT2D eigenvalue weighted by molar-refractivity contribution is -0.126. The molecule has 3 rings (SSSR count). The first-order valence-corrected chi connectivity index (χ1v) is 8.27. The van der Waals surface area contributed by atoms with Gasteiger partial charge in [-0.15, -0.1) is 0 Å². The Morgan fingerprint density at radius 2 is 2.17 bits per heavy atom. The SMILES string of the molecule is O=C1NC(=O)C2(CCCN(Cc3cccc(Br)c3OC(F)F)C2)N1. The number of halogens is 3. The Morgan fingerprint density at radius 1 is 1.38 bits per heavy atom. The molecule has 6 nitrogen and oxygen atoms in total. The molecule has 1 atom stereocenters. The minimum atomic E-state index is -2.92. The lowest BCUT2D eigenvalue weighted by Crippen LogP contribution is -2.58. The monoisotopic (exact) mass is 403 g/mol. The number of amides is 3. The van der Waals surface area contributed by atoms with Gasteiger partial charge in [-0.05, 0) is 41.4 Å². The van der Waals surface area contributed by atoms with Crippen LogP contribution in [0.25, 0.3) is 0 Å². The smallest absolute Gasteiger partial charge is 0.387 e. The number of ether oxygens (including phenoxy) is 1. The second-order valence-electron chi connectivity index (χ2n) is 5.91. The molecule has 9 heteroatoms. The summed E-state index contributed by atoms with van der Waals surface area (Å²) in [5.74, 6) is -0.248. The van der Waals surface area contributed by atoms with Crippen molar-refractivity contribution in [1.29, 1.82) is 0 Å². The largest absolute Gasteiger partial charge is 0.433 e. The number of piperidine rings is 1. The van der Waals surface area contributed by atoms with Crippen LogP contribution in [0.5, 0.6) is 5.75 Å². The highest BCUT2D eigenvalue weighted by Gasteiger charge is 2.48. The van der Waals surface area contributed by atoms with Gasteiger partial charge in [0.25, 0.3) is 5.91 Å². The fourth-order valence-electron chi connectivity index (χ4n) is 3.23. The second-order valence-corrected chi connectivity index (χ2v) is 6.77. The van der Waals surface area contributed by atoms with E-state index in [1.807, 2.05) is 4.90 Å². The summed E-state index contributed by atoms with van der Waals surface area (Å²) in [7, 11) is 0. The standard InChI is InChI=1S/C15H16BrF2N3O3/c16-10-4-1-3-9(11(10)24-13(17)18)7-21-6-2-5-15(8-21)12(22)19-14(23)20-15/h1,3-4,13H,2,5-8H2,(H2,19,20,22,23). The Kier molecular flexibility index (Phi) is 4.73. The summed E-state index contributed by atoms with van der Waals surface area (Å²) < 4.78 is 30.3. The molecule has 0 saturated carbocycles. The van der Waals surface area contributed by atoms with Gasteiger partial charge in [0.15, 0.2) is 0 Å². The van der Waals surface area contributed by atoms with Crippen molar-refractivity contribution >= 4 is 27.9 Å². The van der Waals surface area contributed by atoms with Crippen molar-refractivity contribution < 1.29 is 23.1 Å². The van der Waals surface area contributed by atoms with Gasteiger partial charge in [0.05, 0.1) is 4.47 Å². The van der Waals surface area contributed by atoms with Crippen molar-refractivity contribution in [3.05, 3.63) is 28.2 Å². The van der Waals surface area contributed by atoms with Crippen LogP contribution in [-0.4, -0.2) is 42.1 Å². The number of urea groups is 1. The molecule has 0 bridgehead atoms. The Labute approximate surface area is 145 Å². The van der Waals surface area contributed by atoms with Crippen LogP contribution in [0, 0.1) is 0 Å². The maximum Gasteiger partial charge on any atom is 0.387 e. The summed E-state index contributed by atoms with van der Waals surface area (Å²) in [6.07, 6.45) is 1.27. The molecule has 2 aliphatic rings. The van der Waals surface area contributed by atoms with E-state index in [-0.39, 0.29) is 11.7 Å². The van der Waals surface area contributed by atoms with E-state index in [0.29, 0.717) is 42.5 Å². The molecule has 24 heavy (non-hydrogen) atoms. The van der Waals surface area contributed by atoms with Gasteiger partial charge >= 0.3 is 12.6 Å². The number of alkyl halides is 2. The summed E-state index contributed by atoms with van der Waals surface area (Å²) in [5.41, 5.74) is -0.350. The molecular weight excluding hydrogens is 388 g/mol. The van der Waals surface area contributed by atoms with Gasteiger partial charge in [-0.2, -0.15) is 8.78 Å². The summed E-state index contributed by atoms with van der Waals surface area (Å²) in [5, 5.41) is 4.95. The molecule has 2 aliphatic heterocycles. The van der Waals surface area contributed by atoms with Crippen LogP contribution in [0.4, 0.5) is 13.6 Å². The maximum absolute atomic E-state index is 12.6. The number of carbonyl (C=O) groups is 2. The van der Waals surface area contributed by atoms with Crippen molar-refractivity contribution in [3.63, 3.8) is 0 Å². The molecule has 2 N–H and O–H groups in total. The molecule has 0 aromatic heterocycles. The number of hydrogen-bond acceptors (Lipinski definition) is 4. The van der Waals surface area contributed by atoms with Crippen molar-refractivity contribution in [2.45, 2.75) is 31.5 Å². The highest BCUT2D eigenvalue weighted by Crippen LogP contribution is 2.33. The summed E-state index contributed by atoms with van der Waals surface area (Å²) >= 11 is 3.22. The van der Waals surface area contributed by atoms with Gasteiger partial charge in [0.1, 0.15) is 11.3 Å². The van der Waals surface area contributed by atoms with E-state index in [1.165, 1.54) is 0 Å². The van der Waals surface area contributed by atoms with Gasteiger partial charge in [-0.3, -0.25) is 15.0 Å². The van der Waals surface area contributed by atoms with Crippen LogP contribution < -0.4 is 15.4 Å². The molecule has 130 valence electrons. The topological polar surface area (TPSA) is 70.7 Å². The molecule has 2 heterocycles. The highest BCUT2D eigenvalue weighted by atomic mass is 79.9. The summed E-state index contributed by atoms with van der Waals surface area (Å²) in [6.45, 7) is -1.56. The van der Waals surface area contributed by atoms with Gasteiger partial charge < -0.3 is 10.1 Å². The minimum Gasteiger partial charge on any atom is -0.433 e. The summed E-state index contributed by atoms with van der Waals surface area (Å²) in [6, 6.07) is 4.58. The third-order valence-electron chi connectivity index (χ3n) is 4.24. The lowest BCUT2D eigenvalue weighted by atomic mass is 9.89. The minimum absolute atomic E-state index is 0.0898. The predicted octanol–water partition coefficient (Wildman–Crippen LogP) is 2.22. The molecule has 1 unspecified atom stereocenters. The van der Waals surface area contributed by atoms with Gasteiger partial charge in [0.2, 0.25) is 0 Å². The Morgan fingerprint density at radius 3 is 2.83 bits per heavy atom. The molecule has 0 aliphatic carbocycles. The van der Waals surface area contributed by atoms with E-state index in [9.17, 15) is 18.4 Å². The van der Waals surface area contributed by atoms with Gasteiger partial charge in [0, 0.05) is 18.7 Å². The summed E-state index contributed by atoms with van der Waals surface area (Å²) in [4.78, 5) is 25.5. The first-order valence-electron chi connectivity index (χ1n) is 7.48. The Balaban J connectivity index is 1.78. The molecular formula is C15H16BrF2N3O3. The third-order valence-corrected chi connectivity index (χ3v) is 4.86. The fraction of sp³-hybridized carbons (Fsp3) is 0.467. The molecule has 1 aromatic carbocycles. The Bertz CT molecular complexity index is 673. The number of rotatable bonds is 4. The van der Waals surface area contributed by atoms with Crippen molar-refractivity contribution in [2.24, 2.45) is 0 Å². The first-order chi connectivity index (χ1) is 11.4. The van der Waals surface area contributed by atoms with Crippen molar-refractivity contribution in [2.75, 3.05) is 13.1 Å². The number of carbonyl (C=O) groups excluding carboxylic acids is 2. The maximum atomic E-state index is 12.6. The van der Waals surface area contributed by atoms with Gasteiger partial charge in [-0.1, -0.05) is 12.1 Å². The van der Waals surface area contributed by atoms with Crippen molar-refractivity contribution in [3.8, 4) is 5.75 Å². The first kappa shape index (κ1) is 17.1. The van der Waals surface area contributed by atoms with E-state index in [0.717, 1.165) is 0 Å². The van der Waals surface area contributed by atoms with Crippen molar-refractivity contribution in [1.82, 2.24) is 15.5 Å².